The Hall–Kier alpha value is -3.08. The van der Waals surface area contributed by atoms with Crippen LogP contribution in [0.2, 0.25) is 0 Å². The third-order valence-corrected chi connectivity index (χ3v) is 4.23. The molecular formula is C22H22O5. The van der Waals surface area contributed by atoms with E-state index in [0.29, 0.717) is 22.3 Å². The van der Waals surface area contributed by atoms with Crippen LogP contribution in [0.15, 0.2) is 51.7 Å². The van der Waals surface area contributed by atoms with Crippen LogP contribution in [0.3, 0.4) is 0 Å². The molecule has 0 saturated carbocycles. The number of benzene rings is 2. The molecule has 1 heterocycles. The third-order valence-electron chi connectivity index (χ3n) is 4.23. The molecule has 0 saturated heterocycles. The van der Waals surface area contributed by atoms with E-state index in [9.17, 15) is 9.59 Å². The van der Waals surface area contributed by atoms with E-state index < -0.39 is 12.1 Å². The second-order valence-electron chi connectivity index (χ2n) is 6.47. The summed E-state index contributed by atoms with van der Waals surface area (Å²) >= 11 is 0. The zero-order chi connectivity index (χ0) is 19.6. The first-order valence-corrected chi connectivity index (χ1v) is 8.88. The molecule has 0 aliphatic rings. The van der Waals surface area contributed by atoms with Crippen LogP contribution in [-0.4, -0.2) is 18.7 Å². The van der Waals surface area contributed by atoms with Crippen molar-refractivity contribution in [3.05, 3.63) is 63.8 Å². The number of hydrogen-bond donors (Lipinski definition) is 0. The van der Waals surface area contributed by atoms with Gasteiger partial charge in [-0.25, -0.2) is 4.79 Å². The molecule has 0 aliphatic carbocycles. The van der Waals surface area contributed by atoms with Crippen molar-refractivity contribution in [2.24, 2.45) is 0 Å². The molecule has 5 nitrogen and oxygen atoms in total. The Bertz CT molecular complexity index is 1030. The fourth-order valence-corrected chi connectivity index (χ4v) is 2.78. The molecule has 1 aromatic heterocycles. The first kappa shape index (κ1) is 18.7. The van der Waals surface area contributed by atoms with Gasteiger partial charge in [0.25, 0.3) is 0 Å². The van der Waals surface area contributed by atoms with E-state index in [4.69, 9.17) is 13.9 Å². The predicted octanol–water partition coefficient (Wildman–Crippen LogP) is 4.41. The van der Waals surface area contributed by atoms with Gasteiger partial charge in [0.15, 0.2) is 11.9 Å². The smallest absolute Gasteiger partial charge is 0.347 e. The van der Waals surface area contributed by atoms with Gasteiger partial charge in [-0.1, -0.05) is 41.5 Å². The summed E-state index contributed by atoms with van der Waals surface area (Å²) in [4.78, 5) is 25.1. The number of esters is 1. The summed E-state index contributed by atoms with van der Waals surface area (Å²) in [6, 6.07) is 13.0. The van der Waals surface area contributed by atoms with Crippen molar-refractivity contribution < 1.29 is 18.7 Å². The van der Waals surface area contributed by atoms with Crippen LogP contribution < -0.4 is 10.2 Å². The molecule has 1 atom stereocenters. The molecular weight excluding hydrogens is 344 g/mol. The van der Waals surface area contributed by atoms with E-state index in [0.717, 1.165) is 11.1 Å². The number of carbonyl (C=O) groups excluding carboxylic acids is 1. The number of rotatable bonds is 5. The summed E-state index contributed by atoms with van der Waals surface area (Å²) in [6.45, 7) is 7.38. The van der Waals surface area contributed by atoms with Crippen LogP contribution in [0.1, 0.15) is 25.0 Å². The summed E-state index contributed by atoms with van der Waals surface area (Å²) in [6.07, 6.45) is -0.931. The molecule has 0 fully saturated rings. The van der Waals surface area contributed by atoms with Crippen molar-refractivity contribution >= 4 is 16.9 Å². The molecule has 0 aliphatic heterocycles. The fourth-order valence-electron chi connectivity index (χ4n) is 2.78. The maximum atomic E-state index is 13.1. The highest BCUT2D eigenvalue weighted by atomic mass is 16.6. The molecule has 0 radical (unpaired) electrons. The van der Waals surface area contributed by atoms with Crippen molar-refractivity contribution in [3.8, 4) is 17.1 Å². The maximum Gasteiger partial charge on any atom is 0.347 e. The standard InChI is InChI=1S/C22H22O5/c1-5-25-22(24)15(4)26-21-19(23)17-12-14(3)8-11-18(17)27-20(21)16-9-6-13(2)7-10-16/h6-12,15H,5H2,1-4H3. The van der Waals surface area contributed by atoms with Crippen LogP contribution in [0.4, 0.5) is 0 Å². The SMILES string of the molecule is CCOC(=O)C(C)Oc1c(-c2ccc(C)cc2)oc2ccc(C)cc2c1=O. The summed E-state index contributed by atoms with van der Waals surface area (Å²) in [5, 5.41) is 0.414. The van der Waals surface area contributed by atoms with Crippen molar-refractivity contribution in [3.63, 3.8) is 0 Å². The van der Waals surface area contributed by atoms with Gasteiger partial charge in [-0.15, -0.1) is 0 Å². The third kappa shape index (κ3) is 3.87. The highest BCUT2D eigenvalue weighted by Crippen LogP contribution is 2.32. The zero-order valence-electron chi connectivity index (χ0n) is 15.9. The number of fused-ring (bicyclic) bond motifs is 1. The first-order chi connectivity index (χ1) is 12.9. The highest BCUT2D eigenvalue weighted by Gasteiger charge is 2.23. The minimum atomic E-state index is -0.931. The largest absolute Gasteiger partial charge is 0.471 e. The lowest BCUT2D eigenvalue weighted by Crippen LogP contribution is -2.28. The summed E-state index contributed by atoms with van der Waals surface area (Å²) in [5.74, 6) is -0.221. The Morgan fingerprint density at radius 1 is 1.07 bits per heavy atom. The highest BCUT2D eigenvalue weighted by molar-refractivity contribution is 5.83. The minimum absolute atomic E-state index is 0.0116. The molecule has 3 aromatic rings. The van der Waals surface area contributed by atoms with Gasteiger partial charge in [0.2, 0.25) is 11.2 Å². The van der Waals surface area contributed by atoms with E-state index in [1.807, 2.05) is 44.2 Å². The van der Waals surface area contributed by atoms with Gasteiger partial charge in [0.1, 0.15) is 5.58 Å². The number of carbonyl (C=O) groups is 1. The van der Waals surface area contributed by atoms with E-state index in [-0.39, 0.29) is 17.8 Å². The summed E-state index contributed by atoms with van der Waals surface area (Å²) in [7, 11) is 0. The summed E-state index contributed by atoms with van der Waals surface area (Å²) in [5.41, 5.74) is 2.87. The molecule has 5 heteroatoms. The topological polar surface area (TPSA) is 65.7 Å². The molecule has 1 unspecified atom stereocenters. The first-order valence-electron chi connectivity index (χ1n) is 8.88. The number of aryl methyl sites for hydroxylation is 2. The van der Waals surface area contributed by atoms with Gasteiger partial charge in [0.05, 0.1) is 12.0 Å². The fraction of sp³-hybridized carbons (Fsp3) is 0.273. The number of ether oxygens (including phenoxy) is 2. The average molecular weight is 366 g/mol. The Labute approximate surface area is 157 Å². The molecule has 0 spiro atoms. The molecule has 0 bridgehead atoms. The van der Waals surface area contributed by atoms with Gasteiger partial charge in [-0.05, 0) is 39.8 Å². The lowest BCUT2D eigenvalue weighted by Gasteiger charge is -2.16. The van der Waals surface area contributed by atoms with Crippen LogP contribution in [0.5, 0.6) is 5.75 Å². The van der Waals surface area contributed by atoms with Crippen molar-refractivity contribution in [2.75, 3.05) is 6.61 Å². The molecule has 2 aromatic carbocycles. The molecule has 3 rings (SSSR count). The van der Waals surface area contributed by atoms with E-state index in [1.165, 1.54) is 0 Å². The quantitative estimate of drug-likeness (QED) is 0.626. The van der Waals surface area contributed by atoms with Crippen molar-refractivity contribution in [1.29, 1.82) is 0 Å². The Morgan fingerprint density at radius 2 is 1.74 bits per heavy atom. The maximum absolute atomic E-state index is 13.1. The van der Waals surface area contributed by atoms with Crippen LogP contribution in [0.25, 0.3) is 22.3 Å². The van der Waals surface area contributed by atoms with Gasteiger partial charge in [-0.3, -0.25) is 4.79 Å². The Balaban J connectivity index is 2.19. The molecule has 0 amide bonds. The van der Waals surface area contributed by atoms with Gasteiger partial charge < -0.3 is 13.9 Å². The van der Waals surface area contributed by atoms with Gasteiger partial charge >= 0.3 is 5.97 Å². The van der Waals surface area contributed by atoms with Crippen molar-refractivity contribution in [2.45, 2.75) is 33.8 Å². The molecule has 0 N–H and O–H groups in total. The predicted molar refractivity (Wildman–Crippen MR) is 104 cm³/mol. The molecule has 140 valence electrons. The van der Waals surface area contributed by atoms with Crippen LogP contribution in [-0.2, 0) is 9.53 Å². The van der Waals surface area contributed by atoms with Crippen molar-refractivity contribution in [1.82, 2.24) is 0 Å². The lowest BCUT2D eigenvalue weighted by molar-refractivity contribution is -0.150. The van der Waals surface area contributed by atoms with E-state index >= 15 is 0 Å². The van der Waals surface area contributed by atoms with E-state index in [2.05, 4.69) is 0 Å². The monoisotopic (exact) mass is 366 g/mol. The zero-order valence-corrected chi connectivity index (χ0v) is 15.9. The number of hydrogen-bond acceptors (Lipinski definition) is 5. The van der Waals surface area contributed by atoms with Gasteiger partial charge in [-0.2, -0.15) is 0 Å². The second-order valence-corrected chi connectivity index (χ2v) is 6.47. The van der Waals surface area contributed by atoms with Crippen LogP contribution in [0, 0.1) is 13.8 Å². The van der Waals surface area contributed by atoms with E-state index in [1.54, 1.807) is 26.0 Å². The average Bonchev–Trinajstić information content (AvgIpc) is 2.65. The lowest BCUT2D eigenvalue weighted by atomic mass is 10.1. The van der Waals surface area contributed by atoms with Crippen LogP contribution >= 0.6 is 0 Å². The Morgan fingerprint density at radius 3 is 2.41 bits per heavy atom. The normalized spacial score (nSPS) is 12.0. The van der Waals surface area contributed by atoms with Gasteiger partial charge in [0, 0.05) is 5.56 Å². The summed E-state index contributed by atoms with van der Waals surface area (Å²) < 4.78 is 16.7. The molecule has 27 heavy (non-hydrogen) atoms. The Kier molecular flexibility index (Phi) is 5.31. The second kappa shape index (κ2) is 7.66. The minimum Gasteiger partial charge on any atom is -0.471 e.